The van der Waals surface area contributed by atoms with Gasteiger partial charge in [-0.3, -0.25) is 0 Å². The third-order valence-corrected chi connectivity index (χ3v) is 8.42. The molecule has 35 heavy (non-hydrogen) atoms. The van der Waals surface area contributed by atoms with Crippen molar-refractivity contribution in [3.8, 4) is 11.1 Å². The molecule has 0 aromatic heterocycles. The zero-order valence-corrected chi connectivity index (χ0v) is 21.8. The fourth-order valence-corrected chi connectivity index (χ4v) is 6.95. The normalized spacial score (nSPS) is 22.5. The lowest BCUT2D eigenvalue weighted by Crippen LogP contribution is -2.71. The van der Waals surface area contributed by atoms with Crippen LogP contribution in [-0.2, 0) is 0 Å². The van der Waals surface area contributed by atoms with Gasteiger partial charge < -0.3 is 14.5 Å². The lowest BCUT2D eigenvalue weighted by molar-refractivity contribution is 0.245. The molecule has 0 N–H and O–H groups in total. The van der Waals surface area contributed by atoms with Gasteiger partial charge in [-0.1, -0.05) is 95.3 Å². The van der Waals surface area contributed by atoms with Gasteiger partial charge in [-0.2, -0.15) is 0 Å². The number of para-hydroxylation sites is 1. The van der Waals surface area contributed by atoms with Gasteiger partial charge in [0.05, 0.1) is 0 Å². The summed E-state index contributed by atoms with van der Waals surface area (Å²) >= 11 is 0. The first-order chi connectivity index (χ1) is 16.9. The van der Waals surface area contributed by atoms with E-state index in [1.807, 2.05) is 0 Å². The smallest absolute Gasteiger partial charge is 0.388 e. The Kier molecular flexibility index (Phi) is 5.25. The van der Waals surface area contributed by atoms with E-state index < -0.39 is 0 Å². The Morgan fingerprint density at radius 3 is 2.23 bits per heavy atom. The predicted octanol–water partition coefficient (Wildman–Crippen LogP) is 6.55. The van der Waals surface area contributed by atoms with E-state index in [9.17, 15) is 0 Å². The van der Waals surface area contributed by atoms with Crippen LogP contribution < -0.4 is 10.3 Å². The fourth-order valence-electron chi connectivity index (χ4n) is 6.95. The first kappa shape index (κ1) is 22.3. The van der Waals surface area contributed by atoms with E-state index in [1.165, 1.54) is 39.0 Å². The van der Waals surface area contributed by atoms with E-state index in [4.69, 9.17) is 0 Å². The summed E-state index contributed by atoms with van der Waals surface area (Å²) in [4.78, 5) is 7.74. The molecule has 3 nitrogen and oxygen atoms in total. The third kappa shape index (κ3) is 3.26. The Morgan fingerprint density at radius 2 is 1.51 bits per heavy atom. The van der Waals surface area contributed by atoms with Crippen LogP contribution in [0.5, 0.6) is 0 Å². The summed E-state index contributed by atoms with van der Waals surface area (Å²) in [5, 5.41) is 0. The molecule has 0 aliphatic carbocycles. The van der Waals surface area contributed by atoms with Crippen LogP contribution in [0.25, 0.3) is 11.1 Å². The summed E-state index contributed by atoms with van der Waals surface area (Å²) in [5.74, 6) is 1.39. The summed E-state index contributed by atoms with van der Waals surface area (Å²) in [7, 11) is 2.21. The molecule has 3 aromatic carbocycles. The second-order valence-corrected chi connectivity index (χ2v) is 11.2. The number of hydrogen-bond acceptors (Lipinski definition) is 3. The Morgan fingerprint density at radius 1 is 0.800 bits per heavy atom. The Labute approximate surface area is 211 Å². The molecule has 0 fully saturated rings. The first-order valence-corrected chi connectivity index (χ1v) is 13.2. The maximum atomic E-state index is 2.76. The monoisotopic (exact) mass is 461 g/mol. The Bertz CT molecular complexity index is 1280. The summed E-state index contributed by atoms with van der Waals surface area (Å²) in [6.07, 6.45) is 4.81. The highest BCUT2D eigenvalue weighted by atomic mass is 15.4. The SMILES string of the molecule is CC(C)c1cc(-c2ccccc2)cc2c1B1N3C=CN(C)C3c3ccccc3N1C(C(C)C)C2C. The largest absolute Gasteiger partial charge is 0.413 e. The summed E-state index contributed by atoms with van der Waals surface area (Å²) in [6, 6.07) is 25.4. The van der Waals surface area contributed by atoms with Crippen LogP contribution in [0.2, 0.25) is 0 Å². The number of nitrogens with zero attached hydrogens (tertiary/aromatic N) is 3. The molecular formula is C31H36BN3. The highest BCUT2D eigenvalue weighted by Crippen LogP contribution is 2.48. The van der Waals surface area contributed by atoms with Crippen LogP contribution in [0.3, 0.4) is 0 Å². The van der Waals surface area contributed by atoms with E-state index in [1.54, 1.807) is 0 Å². The highest BCUT2D eigenvalue weighted by Gasteiger charge is 2.53. The lowest BCUT2D eigenvalue weighted by atomic mass is 9.51. The van der Waals surface area contributed by atoms with Crippen LogP contribution in [-0.4, -0.2) is 29.8 Å². The number of anilines is 1. The average molecular weight is 461 g/mol. The van der Waals surface area contributed by atoms with Crippen molar-refractivity contribution in [3.05, 3.63) is 95.8 Å². The maximum absolute atomic E-state index is 2.76. The predicted molar refractivity (Wildman–Crippen MR) is 149 cm³/mol. The standard InChI is InChI=1S/C31H36BN3/c1-20(2)26-18-24(23-12-8-7-9-13-23)19-27-22(5)30(21(3)4)35-28-15-11-10-14-25(28)31-33(6)16-17-34(31)32(35)29(26)27/h7-22,30-31H,1-6H3. The number of fused-ring (bicyclic) bond motifs is 8. The average Bonchev–Trinajstić information content (AvgIpc) is 3.25. The van der Waals surface area contributed by atoms with Crippen LogP contribution >= 0.6 is 0 Å². The molecule has 0 saturated heterocycles. The highest BCUT2D eigenvalue weighted by molar-refractivity contribution is 6.76. The molecule has 178 valence electrons. The minimum absolute atomic E-state index is 0.192. The minimum atomic E-state index is 0.192. The number of benzene rings is 3. The molecule has 3 aromatic rings. The second kappa shape index (κ2) is 8.22. The lowest BCUT2D eigenvalue weighted by Gasteiger charge is -2.56. The molecule has 0 radical (unpaired) electrons. The van der Waals surface area contributed by atoms with Crippen molar-refractivity contribution in [1.82, 2.24) is 9.71 Å². The molecule has 0 saturated carbocycles. The fraction of sp³-hybridized carbons (Fsp3) is 0.355. The molecule has 0 spiro atoms. The van der Waals surface area contributed by atoms with Gasteiger partial charge in [0.25, 0.3) is 0 Å². The Hall–Kier alpha value is -3.14. The minimum Gasteiger partial charge on any atom is -0.388 e. The second-order valence-electron chi connectivity index (χ2n) is 11.2. The molecule has 4 heteroatoms. The zero-order chi connectivity index (χ0) is 24.4. The van der Waals surface area contributed by atoms with Crippen LogP contribution in [0.1, 0.15) is 69.3 Å². The molecule has 3 aliphatic rings. The molecule has 0 amide bonds. The van der Waals surface area contributed by atoms with Crippen molar-refractivity contribution in [2.45, 2.75) is 58.7 Å². The van der Waals surface area contributed by atoms with Crippen LogP contribution in [0, 0.1) is 5.92 Å². The molecular weight excluding hydrogens is 425 g/mol. The van der Waals surface area contributed by atoms with Gasteiger partial charge in [0.1, 0.15) is 6.17 Å². The topological polar surface area (TPSA) is 9.72 Å². The van der Waals surface area contributed by atoms with E-state index in [2.05, 4.69) is 135 Å². The van der Waals surface area contributed by atoms with Crippen molar-refractivity contribution in [2.24, 2.45) is 5.92 Å². The number of hydrogen-bond donors (Lipinski definition) is 0. The van der Waals surface area contributed by atoms with Crippen LogP contribution in [0.4, 0.5) is 5.69 Å². The van der Waals surface area contributed by atoms with Gasteiger partial charge in [0, 0.05) is 42.7 Å². The molecule has 3 heterocycles. The number of rotatable bonds is 3. The van der Waals surface area contributed by atoms with Crippen molar-refractivity contribution in [2.75, 3.05) is 11.9 Å². The van der Waals surface area contributed by atoms with Crippen molar-refractivity contribution < 1.29 is 0 Å². The quantitative estimate of drug-likeness (QED) is 0.410. The molecule has 6 rings (SSSR count). The summed E-state index contributed by atoms with van der Waals surface area (Å²) in [6.45, 7) is 12.2. The van der Waals surface area contributed by atoms with Crippen molar-refractivity contribution in [1.29, 1.82) is 0 Å². The maximum Gasteiger partial charge on any atom is 0.413 e. The zero-order valence-electron chi connectivity index (χ0n) is 21.8. The van der Waals surface area contributed by atoms with Gasteiger partial charge in [0.2, 0.25) is 0 Å². The third-order valence-electron chi connectivity index (χ3n) is 8.42. The van der Waals surface area contributed by atoms with Gasteiger partial charge >= 0.3 is 6.98 Å². The molecule has 3 atom stereocenters. The van der Waals surface area contributed by atoms with E-state index in [0.29, 0.717) is 23.8 Å². The van der Waals surface area contributed by atoms with E-state index in [-0.39, 0.29) is 13.1 Å². The van der Waals surface area contributed by atoms with Gasteiger partial charge in [-0.25, -0.2) is 0 Å². The molecule has 3 aliphatic heterocycles. The van der Waals surface area contributed by atoms with Gasteiger partial charge in [0.15, 0.2) is 0 Å². The van der Waals surface area contributed by atoms with E-state index >= 15 is 0 Å². The molecule has 0 bridgehead atoms. The first-order valence-electron chi connectivity index (χ1n) is 13.2. The van der Waals surface area contributed by atoms with Gasteiger partial charge in [-0.15, -0.1) is 0 Å². The van der Waals surface area contributed by atoms with E-state index in [0.717, 1.165) is 0 Å². The Balaban J connectivity index is 1.65. The summed E-state index contributed by atoms with van der Waals surface area (Å²) < 4.78 is 0. The van der Waals surface area contributed by atoms with Crippen molar-refractivity contribution in [3.63, 3.8) is 0 Å². The van der Waals surface area contributed by atoms with Gasteiger partial charge in [-0.05, 0) is 45.6 Å². The molecule has 3 unspecified atom stereocenters. The van der Waals surface area contributed by atoms with Crippen molar-refractivity contribution >= 4 is 18.1 Å². The van der Waals surface area contributed by atoms with Crippen LogP contribution in [0.15, 0.2) is 79.1 Å². The summed E-state index contributed by atoms with van der Waals surface area (Å²) in [5.41, 5.74) is 9.97.